The molecule has 1 aromatic heterocycles. The first-order valence-electron chi connectivity index (χ1n) is 9.10. The molecule has 0 aliphatic heterocycles. The van der Waals surface area contributed by atoms with E-state index in [1.807, 2.05) is 31.2 Å². The van der Waals surface area contributed by atoms with Crippen LogP contribution in [-0.2, 0) is 0 Å². The number of aromatic nitrogens is 2. The number of nitrogens with one attached hydrogen (secondary N) is 2. The molecule has 0 spiro atoms. The van der Waals surface area contributed by atoms with Gasteiger partial charge in [-0.15, -0.1) is 0 Å². The summed E-state index contributed by atoms with van der Waals surface area (Å²) < 4.78 is 10.6. The lowest BCUT2D eigenvalue weighted by Gasteiger charge is -2.04. The van der Waals surface area contributed by atoms with Gasteiger partial charge in [0, 0.05) is 11.1 Å². The third kappa shape index (κ3) is 4.92. The molecule has 8 nitrogen and oxygen atoms in total. The van der Waals surface area contributed by atoms with E-state index in [2.05, 4.69) is 20.7 Å². The zero-order valence-electron chi connectivity index (χ0n) is 16.2. The topological polar surface area (TPSA) is 109 Å². The third-order valence-corrected chi connectivity index (χ3v) is 4.07. The highest BCUT2D eigenvalue weighted by Crippen LogP contribution is 2.28. The zero-order valence-corrected chi connectivity index (χ0v) is 16.2. The number of hydrogen-bond acceptors (Lipinski definition) is 6. The minimum absolute atomic E-state index is 0.0526. The second-order valence-corrected chi connectivity index (χ2v) is 6.14. The predicted octanol–water partition coefficient (Wildman–Crippen LogP) is 3.34. The van der Waals surface area contributed by atoms with E-state index in [1.54, 1.807) is 24.3 Å². The molecule has 0 aliphatic rings. The van der Waals surface area contributed by atoms with Crippen molar-refractivity contribution >= 4 is 12.1 Å². The number of aromatic hydroxyl groups is 1. The van der Waals surface area contributed by atoms with E-state index in [-0.39, 0.29) is 11.4 Å². The van der Waals surface area contributed by atoms with Crippen LogP contribution in [0.25, 0.3) is 11.3 Å². The number of aromatic amines is 1. The molecule has 1 heterocycles. The number of H-pyrrole nitrogens is 1. The Kier molecular flexibility index (Phi) is 6.47. The largest absolute Gasteiger partial charge is 0.504 e. The van der Waals surface area contributed by atoms with Crippen molar-refractivity contribution < 1.29 is 19.4 Å². The number of hydrazone groups is 1. The summed E-state index contributed by atoms with van der Waals surface area (Å²) in [4.78, 5) is 12.3. The van der Waals surface area contributed by atoms with Gasteiger partial charge in [-0.05, 0) is 48.9 Å². The highest BCUT2D eigenvalue weighted by molar-refractivity contribution is 5.94. The monoisotopic (exact) mass is 394 g/mol. The van der Waals surface area contributed by atoms with E-state index >= 15 is 0 Å². The van der Waals surface area contributed by atoms with E-state index in [9.17, 15) is 9.90 Å². The molecule has 0 aliphatic carbocycles. The van der Waals surface area contributed by atoms with Gasteiger partial charge in [0.05, 0.1) is 25.6 Å². The summed E-state index contributed by atoms with van der Waals surface area (Å²) in [7, 11) is 1.46. The molecule has 29 heavy (non-hydrogen) atoms. The van der Waals surface area contributed by atoms with Crippen LogP contribution in [0.3, 0.4) is 0 Å². The Morgan fingerprint density at radius 2 is 2.07 bits per heavy atom. The summed E-state index contributed by atoms with van der Waals surface area (Å²) in [5.41, 5.74) is 4.56. The smallest absolute Gasteiger partial charge is 0.289 e. The van der Waals surface area contributed by atoms with Crippen molar-refractivity contribution in [3.8, 4) is 28.5 Å². The van der Waals surface area contributed by atoms with Crippen molar-refractivity contribution in [3.63, 3.8) is 0 Å². The van der Waals surface area contributed by atoms with Crippen molar-refractivity contribution in [1.82, 2.24) is 15.6 Å². The van der Waals surface area contributed by atoms with Crippen molar-refractivity contribution in [3.05, 3.63) is 59.8 Å². The zero-order chi connectivity index (χ0) is 20.6. The van der Waals surface area contributed by atoms with Gasteiger partial charge >= 0.3 is 0 Å². The number of para-hydroxylation sites is 1. The number of ether oxygens (including phenoxy) is 2. The highest BCUT2D eigenvalue weighted by atomic mass is 16.5. The molecule has 3 aromatic rings. The number of rotatable bonds is 8. The number of amides is 1. The highest BCUT2D eigenvalue weighted by Gasteiger charge is 2.11. The maximum absolute atomic E-state index is 12.3. The molecular formula is C21H22N4O4. The minimum atomic E-state index is -0.453. The van der Waals surface area contributed by atoms with Gasteiger partial charge in [-0.2, -0.15) is 10.2 Å². The van der Waals surface area contributed by atoms with Gasteiger partial charge in [0.2, 0.25) is 0 Å². The molecule has 0 atom stereocenters. The number of carbonyl (C=O) groups is 1. The predicted molar refractivity (Wildman–Crippen MR) is 110 cm³/mol. The number of benzene rings is 2. The van der Waals surface area contributed by atoms with Crippen molar-refractivity contribution in [1.29, 1.82) is 0 Å². The van der Waals surface area contributed by atoms with Gasteiger partial charge < -0.3 is 14.6 Å². The second kappa shape index (κ2) is 9.41. The van der Waals surface area contributed by atoms with Crippen LogP contribution in [0.5, 0.6) is 17.2 Å². The molecular weight excluding hydrogens is 372 g/mol. The number of phenolic OH excluding ortho intramolecular Hbond substituents is 1. The quantitative estimate of drug-likeness (QED) is 0.401. The molecule has 2 aromatic carbocycles. The molecule has 1 amide bonds. The first-order chi connectivity index (χ1) is 14.1. The van der Waals surface area contributed by atoms with Crippen LogP contribution in [-0.4, -0.2) is 41.1 Å². The molecule has 0 saturated heterocycles. The number of hydrogen-bond donors (Lipinski definition) is 3. The Labute approximate surface area is 168 Å². The summed E-state index contributed by atoms with van der Waals surface area (Å²) in [5.74, 6) is 0.609. The first-order valence-corrected chi connectivity index (χ1v) is 9.10. The van der Waals surface area contributed by atoms with Crippen molar-refractivity contribution in [2.75, 3.05) is 13.7 Å². The number of carbonyl (C=O) groups excluding carboxylic acids is 1. The summed E-state index contributed by atoms with van der Waals surface area (Å²) in [6.07, 6.45) is 2.28. The van der Waals surface area contributed by atoms with Gasteiger partial charge in [0.15, 0.2) is 11.5 Å². The lowest BCUT2D eigenvalue weighted by molar-refractivity contribution is 0.0950. The van der Waals surface area contributed by atoms with E-state index < -0.39 is 5.91 Å². The lowest BCUT2D eigenvalue weighted by atomic mass is 10.1. The summed E-state index contributed by atoms with van der Waals surface area (Å²) in [6, 6.07) is 14.1. The Morgan fingerprint density at radius 3 is 2.79 bits per heavy atom. The molecule has 0 radical (unpaired) electrons. The van der Waals surface area contributed by atoms with Crippen molar-refractivity contribution in [2.24, 2.45) is 5.10 Å². The second-order valence-electron chi connectivity index (χ2n) is 6.14. The molecule has 3 rings (SSSR count). The number of methoxy groups -OCH3 is 1. The van der Waals surface area contributed by atoms with E-state index in [0.717, 1.165) is 17.7 Å². The van der Waals surface area contributed by atoms with Gasteiger partial charge in [0.25, 0.3) is 5.91 Å². The Bertz CT molecular complexity index is 996. The van der Waals surface area contributed by atoms with Crippen LogP contribution in [0.4, 0.5) is 0 Å². The molecule has 8 heteroatoms. The van der Waals surface area contributed by atoms with Gasteiger partial charge in [-0.25, -0.2) is 5.43 Å². The third-order valence-electron chi connectivity index (χ3n) is 4.07. The van der Waals surface area contributed by atoms with Gasteiger partial charge in [-0.3, -0.25) is 9.89 Å². The molecule has 0 unspecified atom stereocenters. The van der Waals surface area contributed by atoms with Gasteiger partial charge in [0.1, 0.15) is 11.4 Å². The summed E-state index contributed by atoms with van der Waals surface area (Å²) in [6.45, 7) is 2.72. The number of nitrogens with zero attached hydrogens (tertiary/aromatic N) is 2. The Morgan fingerprint density at radius 1 is 1.28 bits per heavy atom. The van der Waals surface area contributed by atoms with Gasteiger partial charge in [-0.1, -0.05) is 13.0 Å². The standard InChI is InChI=1S/C21H22N4O4/c1-3-11-29-16-9-7-14(8-10-16)17-12-18(24-23-17)21(27)25-22-13-15-5-4-6-19(28-2)20(15)26/h4-10,12-13,26H,3,11H2,1-2H3,(H,23,24)(H,25,27)/b22-13-. The molecule has 0 saturated carbocycles. The fraction of sp³-hybridized carbons (Fsp3) is 0.190. The van der Waals surface area contributed by atoms with Crippen LogP contribution in [0.1, 0.15) is 29.4 Å². The Balaban J connectivity index is 1.63. The summed E-state index contributed by atoms with van der Waals surface area (Å²) in [5, 5.41) is 20.7. The first kappa shape index (κ1) is 19.9. The molecule has 0 bridgehead atoms. The van der Waals surface area contributed by atoms with Crippen LogP contribution in [0.2, 0.25) is 0 Å². The van der Waals surface area contributed by atoms with Crippen LogP contribution >= 0.6 is 0 Å². The molecule has 3 N–H and O–H groups in total. The van der Waals surface area contributed by atoms with E-state index in [1.165, 1.54) is 13.3 Å². The molecule has 0 fully saturated rings. The van der Waals surface area contributed by atoms with Crippen LogP contribution in [0, 0.1) is 0 Å². The average molecular weight is 394 g/mol. The number of phenols is 1. The fourth-order valence-electron chi connectivity index (χ4n) is 2.56. The molecule has 150 valence electrons. The maximum atomic E-state index is 12.3. The van der Waals surface area contributed by atoms with E-state index in [4.69, 9.17) is 9.47 Å². The maximum Gasteiger partial charge on any atom is 0.289 e. The minimum Gasteiger partial charge on any atom is -0.504 e. The van der Waals surface area contributed by atoms with Crippen LogP contribution in [0.15, 0.2) is 53.6 Å². The summed E-state index contributed by atoms with van der Waals surface area (Å²) >= 11 is 0. The average Bonchev–Trinajstić information content (AvgIpc) is 3.24. The lowest BCUT2D eigenvalue weighted by Crippen LogP contribution is -2.18. The SMILES string of the molecule is CCCOc1ccc(-c2cc(C(=O)N/N=C\c3cccc(OC)c3O)[nH]n2)cc1. The fourth-order valence-corrected chi connectivity index (χ4v) is 2.56. The van der Waals surface area contributed by atoms with E-state index in [0.29, 0.717) is 23.6 Å². The van der Waals surface area contributed by atoms with Crippen molar-refractivity contribution in [2.45, 2.75) is 13.3 Å². The van der Waals surface area contributed by atoms with Crippen LogP contribution < -0.4 is 14.9 Å². The Hall–Kier alpha value is -3.81. The normalized spacial score (nSPS) is 10.8.